The summed E-state index contributed by atoms with van der Waals surface area (Å²) >= 11 is 0. The van der Waals surface area contributed by atoms with Crippen LogP contribution in [0.15, 0.2) is 18.2 Å². The van der Waals surface area contributed by atoms with Gasteiger partial charge in [-0.1, -0.05) is 23.5 Å². The van der Waals surface area contributed by atoms with Crippen LogP contribution in [0, 0.1) is 18.8 Å². The molecule has 3 amide bonds. The largest absolute Gasteiger partial charge is 0.395 e. The van der Waals surface area contributed by atoms with Gasteiger partial charge in [-0.05, 0) is 19.1 Å². The zero-order valence-corrected chi connectivity index (χ0v) is 11.9. The Morgan fingerprint density at radius 1 is 1.29 bits per heavy atom. The van der Waals surface area contributed by atoms with Gasteiger partial charge in [-0.15, -0.1) is 0 Å². The van der Waals surface area contributed by atoms with Gasteiger partial charge in [0.15, 0.2) is 0 Å². The summed E-state index contributed by atoms with van der Waals surface area (Å²) in [5.41, 5.74) is 6.96. The van der Waals surface area contributed by atoms with Crippen LogP contribution in [0.25, 0.3) is 0 Å². The molecule has 6 nitrogen and oxygen atoms in total. The number of carbonyl (C=O) groups is 2. The maximum absolute atomic E-state index is 12.1. The highest BCUT2D eigenvalue weighted by Crippen LogP contribution is 2.10. The van der Waals surface area contributed by atoms with Gasteiger partial charge < -0.3 is 21.5 Å². The first-order valence-electron chi connectivity index (χ1n) is 6.56. The molecule has 0 saturated carbocycles. The Morgan fingerprint density at radius 3 is 2.67 bits per heavy atom. The minimum absolute atomic E-state index is 0.0147. The van der Waals surface area contributed by atoms with E-state index in [4.69, 9.17) is 10.8 Å². The minimum atomic E-state index is -0.629. The minimum Gasteiger partial charge on any atom is -0.395 e. The van der Waals surface area contributed by atoms with Crippen molar-refractivity contribution in [2.75, 3.05) is 19.7 Å². The number of primary amides is 1. The van der Waals surface area contributed by atoms with Crippen LogP contribution in [-0.4, -0.2) is 36.7 Å². The van der Waals surface area contributed by atoms with Crippen molar-refractivity contribution in [2.24, 2.45) is 5.73 Å². The summed E-state index contributed by atoms with van der Waals surface area (Å²) in [4.78, 5) is 22.6. The maximum Gasteiger partial charge on any atom is 0.312 e. The summed E-state index contributed by atoms with van der Waals surface area (Å²) in [6, 6.07) is 4.76. The van der Waals surface area contributed by atoms with E-state index in [1.165, 1.54) is 0 Å². The van der Waals surface area contributed by atoms with E-state index in [1.54, 1.807) is 12.1 Å². The van der Waals surface area contributed by atoms with E-state index in [-0.39, 0.29) is 25.6 Å². The van der Waals surface area contributed by atoms with Gasteiger partial charge >= 0.3 is 6.03 Å². The third-order valence-electron chi connectivity index (χ3n) is 2.59. The van der Waals surface area contributed by atoms with Crippen LogP contribution in [0.2, 0.25) is 0 Å². The Labute approximate surface area is 123 Å². The molecule has 0 atom stereocenters. The zero-order chi connectivity index (χ0) is 15.7. The molecule has 6 heteroatoms. The summed E-state index contributed by atoms with van der Waals surface area (Å²) in [6.07, 6.45) is 0.359. The topological polar surface area (TPSA) is 104 Å². The molecule has 5 N–H and O–H groups in total. The average Bonchev–Trinajstić information content (AvgIpc) is 2.45. The van der Waals surface area contributed by atoms with E-state index in [0.29, 0.717) is 17.5 Å². The first kappa shape index (κ1) is 16.5. The van der Waals surface area contributed by atoms with Gasteiger partial charge in [0.25, 0.3) is 5.91 Å². The number of hydrogen-bond donors (Lipinski definition) is 4. The molecule has 0 aliphatic heterocycles. The van der Waals surface area contributed by atoms with Crippen LogP contribution in [0.5, 0.6) is 0 Å². The van der Waals surface area contributed by atoms with Gasteiger partial charge in [-0.2, -0.15) is 0 Å². The highest BCUT2D eigenvalue weighted by Gasteiger charge is 2.10. The Bertz CT molecular complexity index is 573. The van der Waals surface area contributed by atoms with Gasteiger partial charge in [0.2, 0.25) is 0 Å². The summed E-state index contributed by atoms with van der Waals surface area (Å²) in [6.45, 7) is 2.41. The number of benzene rings is 1. The second-order valence-corrected chi connectivity index (χ2v) is 4.37. The van der Waals surface area contributed by atoms with Crippen LogP contribution in [0.3, 0.4) is 0 Å². The average molecular weight is 289 g/mol. The lowest BCUT2D eigenvalue weighted by molar-refractivity contribution is 0.0953. The molecular formula is C15H19N3O3. The van der Waals surface area contributed by atoms with E-state index >= 15 is 0 Å². The van der Waals surface area contributed by atoms with Gasteiger partial charge in [0.1, 0.15) is 0 Å². The fraction of sp³-hybridized carbons (Fsp3) is 0.333. The first-order valence-corrected chi connectivity index (χ1v) is 6.56. The Balaban J connectivity index is 2.75. The Morgan fingerprint density at radius 2 is 2.00 bits per heavy atom. The molecule has 112 valence electrons. The predicted octanol–water partition coefficient (Wildman–Crippen LogP) is 0.127. The van der Waals surface area contributed by atoms with Crippen molar-refractivity contribution in [1.29, 1.82) is 0 Å². The third kappa shape index (κ3) is 5.97. The number of nitrogens with one attached hydrogen (secondary N) is 2. The number of nitrogens with two attached hydrogens (primary N) is 1. The number of rotatable bonds is 5. The second kappa shape index (κ2) is 8.61. The van der Waals surface area contributed by atoms with E-state index < -0.39 is 6.03 Å². The number of aryl methyl sites for hydroxylation is 1. The fourth-order valence-corrected chi connectivity index (χ4v) is 1.63. The Hall–Kier alpha value is -2.52. The number of aliphatic hydroxyl groups is 1. The quantitative estimate of drug-likeness (QED) is 0.457. The van der Waals surface area contributed by atoms with Gasteiger partial charge in [0.05, 0.1) is 12.2 Å². The van der Waals surface area contributed by atoms with Crippen molar-refractivity contribution in [3.8, 4) is 11.8 Å². The van der Waals surface area contributed by atoms with Gasteiger partial charge in [-0.3, -0.25) is 4.79 Å². The second-order valence-electron chi connectivity index (χ2n) is 4.37. The van der Waals surface area contributed by atoms with E-state index in [1.807, 2.05) is 13.0 Å². The summed E-state index contributed by atoms with van der Waals surface area (Å²) in [5, 5.41) is 13.8. The molecule has 0 radical (unpaired) electrons. The van der Waals surface area contributed by atoms with Crippen LogP contribution >= 0.6 is 0 Å². The van der Waals surface area contributed by atoms with E-state index in [9.17, 15) is 9.59 Å². The molecule has 0 bridgehead atoms. The molecule has 1 rings (SSSR count). The molecular weight excluding hydrogens is 270 g/mol. The van der Waals surface area contributed by atoms with Gasteiger partial charge in [-0.25, -0.2) is 4.79 Å². The zero-order valence-electron chi connectivity index (χ0n) is 11.9. The number of urea groups is 1. The fourth-order valence-electron chi connectivity index (χ4n) is 1.63. The van der Waals surface area contributed by atoms with Crippen LogP contribution in [-0.2, 0) is 0 Å². The van der Waals surface area contributed by atoms with Crippen molar-refractivity contribution in [3.05, 3.63) is 34.9 Å². The summed E-state index contributed by atoms with van der Waals surface area (Å²) in [7, 11) is 0. The van der Waals surface area contributed by atoms with Crippen LogP contribution < -0.4 is 16.4 Å². The molecule has 1 aromatic rings. The number of aliphatic hydroxyl groups excluding tert-OH is 1. The van der Waals surface area contributed by atoms with Crippen molar-refractivity contribution >= 4 is 11.9 Å². The molecule has 0 spiro atoms. The predicted molar refractivity (Wildman–Crippen MR) is 79.7 cm³/mol. The third-order valence-corrected chi connectivity index (χ3v) is 2.59. The molecule has 0 aliphatic rings. The highest BCUT2D eigenvalue weighted by atomic mass is 16.2. The standard InChI is InChI=1S/C15H19N3O3/c1-11-5-6-12(4-2-3-9-19)13(10-11)14(20)17-7-8-18-15(16)21/h5-6,10,19H,3,7-9H2,1H3,(H,17,20)(H3,16,18,21). The molecule has 0 heterocycles. The number of amides is 3. The molecule has 0 aromatic heterocycles. The monoisotopic (exact) mass is 289 g/mol. The van der Waals surface area contributed by atoms with Crippen molar-refractivity contribution in [2.45, 2.75) is 13.3 Å². The molecule has 0 aliphatic carbocycles. The smallest absolute Gasteiger partial charge is 0.312 e. The highest BCUT2D eigenvalue weighted by molar-refractivity contribution is 5.97. The van der Waals surface area contributed by atoms with Crippen molar-refractivity contribution < 1.29 is 14.7 Å². The normalized spacial score (nSPS) is 9.43. The number of hydrogen-bond acceptors (Lipinski definition) is 3. The van der Waals surface area contributed by atoms with Crippen LogP contribution in [0.1, 0.15) is 27.9 Å². The molecule has 0 fully saturated rings. The van der Waals surface area contributed by atoms with E-state index in [0.717, 1.165) is 5.56 Å². The molecule has 0 unspecified atom stereocenters. The number of carbonyl (C=O) groups excluding carboxylic acids is 2. The first-order chi connectivity index (χ1) is 10.0. The molecule has 21 heavy (non-hydrogen) atoms. The molecule has 1 aromatic carbocycles. The van der Waals surface area contributed by atoms with Crippen molar-refractivity contribution in [3.63, 3.8) is 0 Å². The van der Waals surface area contributed by atoms with Crippen molar-refractivity contribution in [1.82, 2.24) is 10.6 Å². The summed E-state index contributed by atoms with van der Waals surface area (Å²) in [5.74, 6) is 5.40. The summed E-state index contributed by atoms with van der Waals surface area (Å²) < 4.78 is 0. The molecule has 0 saturated heterocycles. The van der Waals surface area contributed by atoms with Crippen LogP contribution in [0.4, 0.5) is 4.79 Å². The van der Waals surface area contributed by atoms with E-state index in [2.05, 4.69) is 22.5 Å². The Kier molecular flexibility index (Phi) is 6.78. The lowest BCUT2D eigenvalue weighted by atomic mass is 10.0. The lowest BCUT2D eigenvalue weighted by Gasteiger charge is -2.08. The maximum atomic E-state index is 12.1. The van der Waals surface area contributed by atoms with Gasteiger partial charge in [0, 0.05) is 25.1 Å². The SMILES string of the molecule is Cc1ccc(C#CCCO)c(C(=O)NCCNC(N)=O)c1. The lowest BCUT2D eigenvalue weighted by Crippen LogP contribution is -2.37.